The highest BCUT2D eigenvalue weighted by molar-refractivity contribution is 5.81. The zero-order chi connectivity index (χ0) is 12.7. The van der Waals surface area contributed by atoms with E-state index < -0.39 is 0 Å². The Morgan fingerprint density at radius 3 is 2.71 bits per heavy atom. The second-order valence-electron chi connectivity index (χ2n) is 3.57. The average Bonchev–Trinajstić information content (AvgIpc) is 2.80. The smallest absolute Gasteiger partial charge is 0.194 e. The lowest BCUT2D eigenvalue weighted by Gasteiger charge is -2.05. The van der Waals surface area contributed by atoms with Crippen molar-refractivity contribution in [2.24, 2.45) is 0 Å². The van der Waals surface area contributed by atoms with Gasteiger partial charge in [-0.3, -0.25) is 0 Å². The number of anilines is 1. The number of hydrogen-bond acceptors (Lipinski definition) is 5. The molecule has 0 spiro atoms. The van der Waals surface area contributed by atoms with Crippen molar-refractivity contribution < 1.29 is 9.15 Å². The quantitative estimate of drug-likeness (QED) is 0.888. The van der Waals surface area contributed by atoms with E-state index in [0.29, 0.717) is 17.5 Å². The molecule has 1 atom stereocenters. The summed E-state index contributed by atoms with van der Waals surface area (Å²) in [6.45, 7) is 7.07. The van der Waals surface area contributed by atoms with E-state index in [0.717, 1.165) is 18.5 Å². The molecule has 0 aliphatic rings. The molecule has 0 bridgehead atoms. The van der Waals surface area contributed by atoms with Gasteiger partial charge in [-0.15, -0.1) is 0 Å². The van der Waals surface area contributed by atoms with Gasteiger partial charge in [0.25, 0.3) is 0 Å². The van der Waals surface area contributed by atoms with E-state index in [2.05, 4.69) is 23.8 Å². The number of nitrogens with zero attached hydrogens (tertiary/aromatic N) is 2. The number of furan rings is 1. The first-order chi connectivity index (χ1) is 8.19. The van der Waals surface area contributed by atoms with Gasteiger partial charge in [0, 0.05) is 12.7 Å². The summed E-state index contributed by atoms with van der Waals surface area (Å²) in [6, 6.07) is 1.74. The molecule has 0 amide bonds. The SMILES string of the molecule is CCOC(C)CC.Nc1ncnc2ccoc12. The van der Waals surface area contributed by atoms with Crippen LogP contribution in [0.3, 0.4) is 0 Å². The standard InChI is InChI=1S/C6H5N3O.C6H14O/c7-6-5-4(1-2-10-5)8-3-9-6;1-4-6(3)7-5-2/h1-3H,(H2,7,8,9);6H,4-5H2,1-3H3. The molecule has 5 nitrogen and oxygen atoms in total. The molecule has 0 fully saturated rings. The second kappa shape index (κ2) is 6.85. The van der Waals surface area contributed by atoms with Gasteiger partial charge in [-0.05, 0) is 20.3 Å². The Bertz CT molecular complexity index is 442. The molecule has 0 radical (unpaired) electrons. The summed E-state index contributed by atoms with van der Waals surface area (Å²) in [6.07, 6.45) is 4.52. The summed E-state index contributed by atoms with van der Waals surface area (Å²) in [7, 11) is 0. The number of aromatic nitrogens is 2. The summed E-state index contributed by atoms with van der Waals surface area (Å²) in [5.74, 6) is 0.384. The molecular weight excluding hydrogens is 218 g/mol. The van der Waals surface area contributed by atoms with Gasteiger partial charge in [-0.1, -0.05) is 6.92 Å². The first-order valence-electron chi connectivity index (χ1n) is 5.74. The highest BCUT2D eigenvalue weighted by Gasteiger charge is 2.00. The van der Waals surface area contributed by atoms with Crippen molar-refractivity contribution in [3.8, 4) is 0 Å². The summed E-state index contributed by atoms with van der Waals surface area (Å²) < 4.78 is 10.2. The van der Waals surface area contributed by atoms with Gasteiger partial charge in [0.1, 0.15) is 11.8 Å². The Balaban J connectivity index is 0.000000185. The minimum Gasteiger partial charge on any atom is -0.459 e. The van der Waals surface area contributed by atoms with E-state index in [1.54, 1.807) is 6.07 Å². The van der Waals surface area contributed by atoms with E-state index >= 15 is 0 Å². The molecular formula is C12H19N3O2. The summed E-state index contributed by atoms with van der Waals surface area (Å²) >= 11 is 0. The Morgan fingerprint density at radius 1 is 1.41 bits per heavy atom. The van der Waals surface area contributed by atoms with Gasteiger partial charge in [0.15, 0.2) is 11.4 Å². The van der Waals surface area contributed by atoms with Crippen molar-refractivity contribution in [1.82, 2.24) is 9.97 Å². The molecule has 1 unspecified atom stereocenters. The lowest BCUT2D eigenvalue weighted by atomic mass is 10.3. The molecule has 17 heavy (non-hydrogen) atoms. The van der Waals surface area contributed by atoms with Crippen LogP contribution in [0.5, 0.6) is 0 Å². The number of hydrogen-bond donors (Lipinski definition) is 1. The van der Waals surface area contributed by atoms with Crippen LogP contribution >= 0.6 is 0 Å². The van der Waals surface area contributed by atoms with Crippen molar-refractivity contribution in [2.45, 2.75) is 33.3 Å². The topological polar surface area (TPSA) is 74.2 Å². The fourth-order valence-electron chi connectivity index (χ4n) is 1.21. The van der Waals surface area contributed by atoms with Gasteiger partial charge < -0.3 is 14.9 Å². The fraction of sp³-hybridized carbons (Fsp3) is 0.500. The Morgan fingerprint density at radius 2 is 2.18 bits per heavy atom. The largest absolute Gasteiger partial charge is 0.459 e. The predicted octanol–water partition coefficient (Wildman–Crippen LogP) is 2.63. The van der Waals surface area contributed by atoms with E-state index in [1.807, 2.05) is 6.92 Å². The van der Waals surface area contributed by atoms with Gasteiger partial charge in [-0.25, -0.2) is 9.97 Å². The molecule has 2 heterocycles. The van der Waals surface area contributed by atoms with E-state index in [9.17, 15) is 0 Å². The van der Waals surface area contributed by atoms with Crippen LogP contribution in [-0.4, -0.2) is 22.7 Å². The number of nitrogens with two attached hydrogens (primary N) is 1. The van der Waals surface area contributed by atoms with E-state index in [1.165, 1.54) is 12.6 Å². The molecule has 0 aromatic carbocycles. The summed E-state index contributed by atoms with van der Waals surface area (Å²) in [5, 5.41) is 0. The maximum Gasteiger partial charge on any atom is 0.194 e. The average molecular weight is 237 g/mol. The summed E-state index contributed by atoms with van der Waals surface area (Å²) in [5.41, 5.74) is 6.76. The fourth-order valence-corrected chi connectivity index (χ4v) is 1.21. The Labute approximate surface area is 101 Å². The molecule has 5 heteroatoms. The van der Waals surface area contributed by atoms with Crippen LogP contribution < -0.4 is 5.73 Å². The van der Waals surface area contributed by atoms with Gasteiger partial charge in [0.05, 0.1) is 12.4 Å². The van der Waals surface area contributed by atoms with Crippen LogP contribution in [0.25, 0.3) is 11.1 Å². The third-order valence-electron chi connectivity index (χ3n) is 2.30. The minimum atomic E-state index is 0.384. The third kappa shape index (κ3) is 4.03. The van der Waals surface area contributed by atoms with Crippen LogP contribution in [0.15, 0.2) is 23.1 Å². The minimum absolute atomic E-state index is 0.384. The molecule has 0 saturated heterocycles. The van der Waals surface area contributed by atoms with Crippen LogP contribution in [0.2, 0.25) is 0 Å². The van der Waals surface area contributed by atoms with Crippen LogP contribution in [0, 0.1) is 0 Å². The van der Waals surface area contributed by atoms with Gasteiger partial charge in [0.2, 0.25) is 0 Å². The molecule has 94 valence electrons. The van der Waals surface area contributed by atoms with Gasteiger partial charge >= 0.3 is 0 Å². The summed E-state index contributed by atoms with van der Waals surface area (Å²) in [4.78, 5) is 7.67. The molecule has 2 N–H and O–H groups in total. The Kier molecular flexibility index (Phi) is 5.42. The zero-order valence-corrected chi connectivity index (χ0v) is 10.5. The highest BCUT2D eigenvalue weighted by Crippen LogP contribution is 2.15. The van der Waals surface area contributed by atoms with Crippen molar-refractivity contribution in [2.75, 3.05) is 12.3 Å². The van der Waals surface area contributed by atoms with Crippen LogP contribution in [0.1, 0.15) is 27.2 Å². The second-order valence-corrected chi connectivity index (χ2v) is 3.57. The van der Waals surface area contributed by atoms with E-state index in [4.69, 9.17) is 14.9 Å². The predicted molar refractivity (Wildman–Crippen MR) is 67.6 cm³/mol. The molecule has 0 aliphatic heterocycles. The van der Waals surface area contributed by atoms with Crippen molar-refractivity contribution in [3.63, 3.8) is 0 Å². The molecule has 0 aliphatic carbocycles. The first-order valence-corrected chi connectivity index (χ1v) is 5.74. The first kappa shape index (κ1) is 13.4. The number of fused-ring (bicyclic) bond motifs is 1. The maximum atomic E-state index is 5.46. The molecule has 2 aromatic heterocycles. The third-order valence-corrected chi connectivity index (χ3v) is 2.30. The van der Waals surface area contributed by atoms with Crippen molar-refractivity contribution >= 4 is 16.9 Å². The van der Waals surface area contributed by atoms with Gasteiger partial charge in [-0.2, -0.15) is 0 Å². The van der Waals surface area contributed by atoms with Crippen LogP contribution in [0.4, 0.5) is 5.82 Å². The monoisotopic (exact) mass is 237 g/mol. The molecule has 0 saturated carbocycles. The highest BCUT2D eigenvalue weighted by atomic mass is 16.5. The number of rotatable bonds is 3. The normalized spacial score (nSPS) is 11.9. The molecule has 2 rings (SSSR count). The maximum absolute atomic E-state index is 5.46. The van der Waals surface area contributed by atoms with E-state index in [-0.39, 0.29) is 0 Å². The lowest BCUT2D eigenvalue weighted by Crippen LogP contribution is -2.04. The number of ether oxygens (including phenoxy) is 1. The van der Waals surface area contributed by atoms with Crippen LogP contribution in [-0.2, 0) is 4.74 Å². The Hall–Kier alpha value is -1.62. The zero-order valence-electron chi connectivity index (χ0n) is 10.5. The molecule has 2 aromatic rings. The number of nitrogen functional groups attached to an aromatic ring is 1. The lowest BCUT2D eigenvalue weighted by molar-refractivity contribution is 0.0739. The van der Waals surface area contributed by atoms with Crippen molar-refractivity contribution in [3.05, 3.63) is 18.7 Å². The van der Waals surface area contributed by atoms with Crippen molar-refractivity contribution in [1.29, 1.82) is 0 Å².